The lowest BCUT2D eigenvalue weighted by atomic mass is 10.1. The summed E-state index contributed by atoms with van der Waals surface area (Å²) in [6.45, 7) is 0. The topological polar surface area (TPSA) is 90.6 Å². The van der Waals surface area contributed by atoms with E-state index in [0.29, 0.717) is 27.5 Å². The Morgan fingerprint density at radius 1 is 1.00 bits per heavy atom. The van der Waals surface area contributed by atoms with Crippen molar-refractivity contribution in [3.63, 3.8) is 0 Å². The van der Waals surface area contributed by atoms with E-state index >= 15 is 0 Å². The molecule has 0 atom stereocenters. The van der Waals surface area contributed by atoms with Crippen molar-refractivity contribution in [3.05, 3.63) is 68.6 Å². The van der Waals surface area contributed by atoms with Gasteiger partial charge in [-0.15, -0.1) is 12.4 Å². The first-order chi connectivity index (χ1) is 12.1. The molecule has 0 fully saturated rings. The van der Waals surface area contributed by atoms with Crippen molar-refractivity contribution in [3.8, 4) is 0 Å². The number of carbonyl (C=O) groups is 1. The van der Waals surface area contributed by atoms with Gasteiger partial charge in [0.25, 0.3) is 11.5 Å². The molecule has 0 radical (unpaired) electrons. The fourth-order valence-electron chi connectivity index (χ4n) is 2.72. The molecule has 2 heterocycles. The van der Waals surface area contributed by atoms with Crippen molar-refractivity contribution < 1.29 is 4.79 Å². The Kier molecular flexibility index (Phi) is 4.91. The van der Waals surface area contributed by atoms with Gasteiger partial charge >= 0.3 is 0 Å². The van der Waals surface area contributed by atoms with E-state index in [1.807, 2.05) is 6.07 Å². The Balaban J connectivity index is 0.00000196. The lowest BCUT2D eigenvalue weighted by Crippen LogP contribution is -2.13. The van der Waals surface area contributed by atoms with Crippen LogP contribution in [-0.4, -0.2) is 21.1 Å². The largest absolute Gasteiger partial charge is 0.320 e. The number of amides is 1. The minimum Gasteiger partial charge on any atom is -0.320 e. The number of fused-ring (bicyclic) bond motifs is 3. The molecule has 3 N–H and O–H groups in total. The van der Waals surface area contributed by atoms with Crippen molar-refractivity contribution in [2.75, 3.05) is 5.32 Å². The number of hydrogen-bond donors (Lipinski definition) is 3. The number of anilines is 1. The fraction of sp³-hybridized carbons (Fsp3) is 0. The van der Waals surface area contributed by atoms with Crippen LogP contribution < -0.4 is 10.9 Å². The molecule has 4 rings (SSSR count). The van der Waals surface area contributed by atoms with Crippen LogP contribution in [0.25, 0.3) is 21.8 Å². The van der Waals surface area contributed by atoms with Gasteiger partial charge in [-0.25, -0.2) is 0 Å². The van der Waals surface area contributed by atoms with Crippen LogP contribution in [0.4, 0.5) is 5.69 Å². The van der Waals surface area contributed by atoms with E-state index in [4.69, 9.17) is 23.2 Å². The lowest BCUT2D eigenvalue weighted by molar-refractivity contribution is 0.102. The van der Waals surface area contributed by atoms with Gasteiger partial charge in [0.05, 0.1) is 37.7 Å². The molecule has 1 amide bonds. The molecule has 2 aromatic heterocycles. The second kappa shape index (κ2) is 6.99. The summed E-state index contributed by atoms with van der Waals surface area (Å²) in [5, 5.41) is 9.81. The van der Waals surface area contributed by atoms with Crippen molar-refractivity contribution in [2.45, 2.75) is 0 Å². The number of benzene rings is 2. The van der Waals surface area contributed by atoms with Gasteiger partial charge in [0.2, 0.25) is 0 Å². The molecule has 0 aliphatic rings. The number of nitrogens with one attached hydrogen (secondary N) is 3. The van der Waals surface area contributed by atoms with Crippen LogP contribution in [0.2, 0.25) is 10.0 Å². The number of H-pyrrole nitrogens is 2. The van der Waals surface area contributed by atoms with E-state index in [9.17, 15) is 9.59 Å². The number of nitrogens with zero attached hydrogens (tertiary/aromatic N) is 1. The number of aromatic nitrogens is 3. The summed E-state index contributed by atoms with van der Waals surface area (Å²) in [6, 6.07) is 10.1. The molecule has 4 aromatic rings. The number of pyridine rings is 1. The van der Waals surface area contributed by atoms with Crippen LogP contribution in [0.3, 0.4) is 0 Å². The predicted molar refractivity (Wildman–Crippen MR) is 106 cm³/mol. The molecule has 0 bridgehead atoms. The maximum absolute atomic E-state index is 12.6. The molecule has 2 aromatic carbocycles. The van der Waals surface area contributed by atoms with Gasteiger partial charge in [-0.2, -0.15) is 0 Å². The number of carbonyl (C=O) groups excluding carboxylic acids is 1. The van der Waals surface area contributed by atoms with Gasteiger partial charge in [0.15, 0.2) is 0 Å². The second-order valence-corrected chi connectivity index (χ2v) is 6.19. The molecular weight excluding hydrogens is 399 g/mol. The molecule has 132 valence electrons. The first-order valence-electron chi connectivity index (χ1n) is 7.29. The highest BCUT2D eigenvalue weighted by Crippen LogP contribution is 2.29. The Bertz CT molecular complexity index is 1180. The summed E-state index contributed by atoms with van der Waals surface area (Å²) in [4.78, 5) is 28.6. The highest BCUT2D eigenvalue weighted by Gasteiger charge is 2.17. The molecule has 26 heavy (non-hydrogen) atoms. The summed E-state index contributed by atoms with van der Waals surface area (Å²) in [6.07, 6.45) is 1.46. The van der Waals surface area contributed by atoms with Crippen LogP contribution >= 0.6 is 35.6 Å². The van der Waals surface area contributed by atoms with E-state index in [-0.39, 0.29) is 33.6 Å². The zero-order chi connectivity index (χ0) is 17.6. The number of aromatic amines is 2. The van der Waals surface area contributed by atoms with Crippen LogP contribution in [0.1, 0.15) is 10.4 Å². The van der Waals surface area contributed by atoms with E-state index in [1.165, 1.54) is 6.20 Å². The van der Waals surface area contributed by atoms with Gasteiger partial charge in [-0.3, -0.25) is 24.8 Å². The molecule has 9 heteroatoms. The van der Waals surface area contributed by atoms with E-state index in [0.717, 1.165) is 0 Å². The summed E-state index contributed by atoms with van der Waals surface area (Å²) < 4.78 is 0. The van der Waals surface area contributed by atoms with Gasteiger partial charge in [0, 0.05) is 11.6 Å². The van der Waals surface area contributed by atoms with Crippen LogP contribution in [-0.2, 0) is 0 Å². The number of para-hydroxylation sites is 1. The summed E-state index contributed by atoms with van der Waals surface area (Å²) in [5.41, 5.74) is 1.60. The molecule has 0 aliphatic carbocycles. The van der Waals surface area contributed by atoms with Gasteiger partial charge in [-0.05, 0) is 18.2 Å². The highest BCUT2D eigenvalue weighted by molar-refractivity contribution is 6.40. The zero-order valence-electron chi connectivity index (χ0n) is 13.0. The van der Waals surface area contributed by atoms with E-state index in [1.54, 1.807) is 30.3 Å². The SMILES string of the molecule is Cl.O=C(Nc1cccc2c1ncc1c(=O)[nH][nH]c12)c1c(Cl)cccc1Cl. The summed E-state index contributed by atoms with van der Waals surface area (Å²) >= 11 is 12.2. The molecular formula is C17H11Cl3N4O2. The molecule has 6 nitrogen and oxygen atoms in total. The monoisotopic (exact) mass is 408 g/mol. The third-order valence-corrected chi connectivity index (χ3v) is 4.51. The lowest BCUT2D eigenvalue weighted by Gasteiger charge is -2.10. The van der Waals surface area contributed by atoms with Gasteiger partial charge in [-0.1, -0.05) is 41.4 Å². The fourth-order valence-corrected chi connectivity index (χ4v) is 3.29. The zero-order valence-corrected chi connectivity index (χ0v) is 15.3. The molecule has 0 spiro atoms. The van der Waals surface area contributed by atoms with Crippen molar-refractivity contribution in [1.82, 2.24) is 15.2 Å². The maximum atomic E-state index is 12.6. The number of halogens is 3. The molecule has 0 saturated carbocycles. The first kappa shape index (κ1) is 18.3. The average molecular weight is 410 g/mol. The smallest absolute Gasteiger partial charge is 0.273 e. The number of rotatable bonds is 2. The van der Waals surface area contributed by atoms with Crippen molar-refractivity contribution >= 4 is 69.0 Å². The third kappa shape index (κ3) is 2.92. The summed E-state index contributed by atoms with van der Waals surface area (Å²) in [7, 11) is 0. The molecule has 0 saturated heterocycles. The van der Waals surface area contributed by atoms with Crippen LogP contribution in [0, 0.1) is 0 Å². The van der Waals surface area contributed by atoms with Crippen molar-refractivity contribution in [1.29, 1.82) is 0 Å². The Morgan fingerprint density at radius 2 is 1.69 bits per heavy atom. The summed E-state index contributed by atoms with van der Waals surface area (Å²) in [5.74, 6) is -0.437. The molecule has 0 unspecified atom stereocenters. The third-order valence-electron chi connectivity index (χ3n) is 3.88. The average Bonchev–Trinajstić information content (AvgIpc) is 2.97. The number of hydrogen-bond acceptors (Lipinski definition) is 3. The Hall–Kier alpha value is -2.54. The first-order valence-corrected chi connectivity index (χ1v) is 8.05. The maximum Gasteiger partial charge on any atom is 0.273 e. The van der Waals surface area contributed by atoms with Gasteiger partial charge in [0.1, 0.15) is 0 Å². The predicted octanol–water partition coefficient (Wildman–Crippen LogP) is 4.39. The molecule has 0 aliphatic heterocycles. The van der Waals surface area contributed by atoms with Crippen molar-refractivity contribution in [2.24, 2.45) is 0 Å². The van der Waals surface area contributed by atoms with E-state index < -0.39 is 5.91 Å². The highest BCUT2D eigenvalue weighted by atomic mass is 35.5. The quantitative estimate of drug-likeness (QED) is 0.459. The van der Waals surface area contributed by atoms with Crippen LogP contribution in [0.5, 0.6) is 0 Å². The van der Waals surface area contributed by atoms with Crippen LogP contribution in [0.15, 0.2) is 47.4 Å². The minimum atomic E-state index is -0.437. The minimum absolute atomic E-state index is 0. The van der Waals surface area contributed by atoms with Gasteiger partial charge < -0.3 is 5.32 Å². The second-order valence-electron chi connectivity index (χ2n) is 5.38. The Labute approximate surface area is 162 Å². The Morgan fingerprint density at radius 3 is 2.42 bits per heavy atom. The van der Waals surface area contributed by atoms with E-state index in [2.05, 4.69) is 20.5 Å². The standard InChI is InChI=1S/C17H10Cl2N4O2.ClH/c18-10-4-2-5-11(19)13(10)17(25)21-12-6-1-3-8-14-9(7-20-15(8)12)16(24)23-22-14;/h1-7H,(H,21,25)(H2,22,23,24);1H. The normalized spacial score (nSPS) is 10.7.